The van der Waals surface area contributed by atoms with Crippen molar-refractivity contribution < 1.29 is 4.74 Å². The van der Waals surface area contributed by atoms with Gasteiger partial charge in [-0.1, -0.05) is 24.3 Å². The number of hydrogen-bond donors (Lipinski definition) is 1. The summed E-state index contributed by atoms with van der Waals surface area (Å²) in [4.78, 5) is 2.59. The Balaban J connectivity index is 1.35. The maximum atomic E-state index is 5.39. The molecule has 110 valence electrons. The molecule has 2 aliphatic heterocycles. The first-order valence-corrected chi connectivity index (χ1v) is 8.02. The van der Waals surface area contributed by atoms with Gasteiger partial charge in [0.1, 0.15) is 0 Å². The van der Waals surface area contributed by atoms with Gasteiger partial charge in [-0.2, -0.15) is 0 Å². The number of hydrogen-bond acceptors (Lipinski definition) is 3. The van der Waals surface area contributed by atoms with E-state index in [2.05, 4.69) is 34.5 Å². The normalized spacial score (nSPS) is 20.8. The Labute approximate surface area is 122 Å². The molecule has 1 aromatic carbocycles. The average Bonchev–Trinajstić information content (AvgIpc) is 2.52. The van der Waals surface area contributed by atoms with Crippen molar-refractivity contribution in [1.82, 2.24) is 10.2 Å². The second-order valence-corrected chi connectivity index (χ2v) is 5.99. The summed E-state index contributed by atoms with van der Waals surface area (Å²) in [6.45, 7) is 6.57. The number of rotatable bonds is 5. The van der Waals surface area contributed by atoms with Crippen LogP contribution in [-0.2, 0) is 17.7 Å². The Morgan fingerprint density at radius 2 is 1.95 bits per heavy atom. The molecule has 1 fully saturated rings. The van der Waals surface area contributed by atoms with Gasteiger partial charge in [-0.3, -0.25) is 4.90 Å². The lowest BCUT2D eigenvalue weighted by Gasteiger charge is -2.29. The Morgan fingerprint density at radius 1 is 1.15 bits per heavy atom. The molecule has 0 amide bonds. The molecule has 2 heterocycles. The molecule has 1 aromatic rings. The van der Waals surface area contributed by atoms with Gasteiger partial charge in [0, 0.05) is 32.3 Å². The van der Waals surface area contributed by atoms with Gasteiger partial charge in [0.15, 0.2) is 0 Å². The van der Waals surface area contributed by atoms with E-state index in [4.69, 9.17) is 4.74 Å². The van der Waals surface area contributed by atoms with E-state index in [1.54, 1.807) is 5.56 Å². The molecule has 0 spiro atoms. The molecule has 20 heavy (non-hydrogen) atoms. The number of benzene rings is 1. The van der Waals surface area contributed by atoms with Crippen molar-refractivity contribution in [3.8, 4) is 0 Å². The van der Waals surface area contributed by atoms with Crippen LogP contribution in [0.5, 0.6) is 0 Å². The molecule has 3 heteroatoms. The third-order valence-electron chi connectivity index (χ3n) is 4.52. The quantitative estimate of drug-likeness (QED) is 0.833. The van der Waals surface area contributed by atoms with Gasteiger partial charge in [0.05, 0.1) is 0 Å². The van der Waals surface area contributed by atoms with E-state index in [1.165, 1.54) is 44.3 Å². The minimum Gasteiger partial charge on any atom is -0.381 e. The van der Waals surface area contributed by atoms with E-state index in [-0.39, 0.29) is 0 Å². The van der Waals surface area contributed by atoms with Crippen LogP contribution in [0.25, 0.3) is 0 Å². The molecule has 0 atom stereocenters. The SMILES string of the molecule is c1ccc2c(c1)CCN(CCCNC1CCOCC1)C2. The first-order valence-electron chi connectivity index (χ1n) is 8.02. The molecule has 3 nitrogen and oxygen atoms in total. The molecular weight excluding hydrogens is 248 g/mol. The summed E-state index contributed by atoms with van der Waals surface area (Å²) in [5.74, 6) is 0. The van der Waals surface area contributed by atoms with Crippen LogP contribution in [0.2, 0.25) is 0 Å². The van der Waals surface area contributed by atoms with Gasteiger partial charge in [-0.25, -0.2) is 0 Å². The summed E-state index contributed by atoms with van der Waals surface area (Å²) in [6.07, 6.45) is 4.82. The minimum absolute atomic E-state index is 0.686. The predicted molar refractivity (Wildman–Crippen MR) is 81.9 cm³/mol. The van der Waals surface area contributed by atoms with Gasteiger partial charge in [-0.05, 0) is 49.9 Å². The highest BCUT2D eigenvalue weighted by Crippen LogP contribution is 2.18. The predicted octanol–water partition coefficient (Wildman–Crippen LogP) is 2.20. The van der Waals surface area contributed by atoms with E-state index in [1.807, 2.05) is 0 Å². The zero-order valence-corrected chi connectivity index (χ0v) is 12.3. The van der Waals surface area contributed by atoms with Crippen LogP contribution in [-0.4, -0.2) is 43.8 Å². The van der Waals surface area contributed by atoms with Gasteiger partial charge in [0.25, 0.3) is 0 Å². The fourth-order valence-corrected chi connectivity index (χ4v) is 3.26. The largest absolute Gasteiger partial charge is 0.381 e. The second-order valence-electron chi connectivity index (χ2n) is 5.99. The third kappa shape index (κ3) is 3.81. The molecule has 0 unspecified atom stereocenters. The van der Waals surface area contributed by atoms with Crippen LogP contribution in [0.15, 0.2) is 24.3 Å². The highest BCUT2D eigenvalue weighted by Gasteiger charge is 2.16. The summed E-state index contributed by atoms with van der Waals surface area (Å²) >= 11 is 0. The first kappa shape index (κ1) is 14.1. The number of fused-ring (bicyclic) bond motifs is 1. The van der Waals surface area contributed by atoms with Gasteiger partial charge in [-0.15, -0.1) is 0 Å². The number of nitrogens with zero attached hydrogens (tertiary/aromatic N) is 1. The first-order chi connectivity index (χ1) is 9.92. The number of nitrogens with one attached hydrogen (secondary N) is 1. The Bertz CT molecular complexity index is 415. The zero-order chi connectivity index (χ0) is 13.6. The van der Waals surface area contributed by atoms with Crippen LogP contribution < -0.4 is 5.32 Å². The van der Waals surface area contributed by atoms with Crippen molar-refractivity contribution in [2.24, 2.45) is 0 Å². The molecule has 2 aliphatic rings. The van der Waals surface area contributed by atoms with E-state index >= 15 is 0 Å². The van der Waals surface area contributed by atoms with Crippen LogP contribution in [0, 0.1) is 0 Å². The van der Waals surface area contributed by atoms with Crippen molar-refractivity contribution in [3.05, 3.63) is 35.4 Å². The molecular formula is C17H26N2O. The van der Waals surface area contributed by atoms with Gasteiger partial charge in [0.2, 0.25) is 0 Å². The summed E-state index contributed by atoms with van der Waals surface area (Å²) in [5, 5.41) is 3.67. The molecule has 0 aromatic heterocycles. The monoisotopic (exact) mass is 274 g/mol. The fraction of sp³-hybridized carbons (Fsp3) is 0.647. The van der Waals surface area contributed by atoms with Crippen molar-refractivity contribution in [2.45, 2.75) is 38.3 Å². The summed E-state index contributed by atoms with van der Waals surface area (Å²) < 4.78 is 5.39. The average molecular weight is 274 g/mol. The van der Waals surface area contributed by atoms with Crippen molar-refractivity contribution in [2.75, 3.05) is 32.8 Å². The van der Waals surface area contributed by atoms with E-state index in [9.17, 15) is 0 Å². The highest BCUT2D eigenvalue weighted by molar-refractivity contribution is 5.28. The molecule has 0 radical (unpaired) electrons. The lowest BCUT2D eigenvalue weighted by Crippen LogP contribution is -2.37. The highest BCUT2D eigenvalue weighted by atomic mass is 16.5. The zero-order valence-electron chi connectivity index (χ0n) is 12.3. The van der Waals surface area contributed by atoms with E-state index in [0.717, 1.165) is 26.3 Å². The van der Waals surface area contributed by atoms with Crippen LogP contribution >= 0.6 is 0 Å². The molecule has 0 aliphatic carbocycles. The van der Waals surface area contributed by atoms with Crippen LogP contribution in [0.1, 0.15) is 30.4 Å². The Kier molecular flexibility index (Phi) is 5.06. The second kappa shape index (κ2) is 7.21. The molecule has 1 N–H and O–H groups in total. The summed E-state index contributed by atoms with van der Waals surface area (Å²) in [6, 6.07) is 9.56. The number of ether oxygens (including phenoxy) is 1. The smallest absolute Gasteiger partial charge is 0.0480 e. The lowest BCUT2D eigenvalue weighted by molar-refractivity contribution is 0.0777. The van der Waals surface area contributed by atoms with Crippen molar-refractivity contribution in [3.63, 3.8) is 0 Å². The fourth-order valence-electron chi connectivity index (χ4n) is 3.26. The maximum absolute atomic E-state index is 5.39. The van der Waals surface area contributed by atoms with Crippen LogP contribution in [0.3, 0.4) is 0 Å². The van der Waals surface area contributed by atoms with Crippen LogP contribution in [0.4, 0.5) is 0 Å². The minimum atomic E-state index is 0.686. The molecule has 0 saturated carbocycles. The van der Waals surface area contributed by atoms with Gasteiger partial charge >= 0.3 is 0 Å². The molecule has 0 bridgehead atoms. The van der Waals surface area contributed by atoms with E-state index < -0.39 is 0 Å². The summed E-state index contributed by atoms with van der Waals surface area (Å²) in [7, 11) is 0. The maximum Gasteiger partial charge on any atom is 0.0480 e. The topological polar surface area (TPSA) is 24.5 Å². The summed E-state index contributed by atoms with van der Waals surface area (Å²) in [5.41, 5.74) is 3.07. The van der Waals surface area contributed by atoms with Crippen molar-refractivity contribution in [1.29, 1.82) is 0 Å². The molecule has 1 saturated heterocycles. The Morgan fingerprint density at radius 3 is 2.80 bits per heavy atom. The standard InChI is InChI=1S/C17H26N2O/c1-2-5-16-14-19(11-6-15(16)4-1)10-3-9-18-17-7-12-20-13-8-17/h1-2,4-5,17-18H,3,6-14H2. The Hall–Kier alpha value is -0.900. The van der Waals surface area contributed by atoms with Gasteiger partial charge < -0.3 is 10.1 Å². The van der Waals surface area contributed by atoms with Crippen molar-refractivity contribution >= 4 is 0 Å². The molecule has 3 rings (SSSR count). The lowest BCUT2D eigenvalue weighted by atomic mass is 10.00. The third-order valence-corrected chi connectivity index (χ3v) is 4.52. The van der Waals surface area contributed by atoms with E-state index in [0.29, 0.717) is 6.04 Å².